The average molecular weight is 526 g/mol. The minimum atomic E-state index is -1.63. The summed E-state index contributed by atoms with van der Waals surface area (Å²) in [5.41, 5.74) is 11.1. The third kappa shape index (κ3) is 8.15. The Morgan fingerprint density at radius 2 is 2.00 bits per heavy atom. The zero-order valence-corrected chi connectivity index (χ0v) is 19.9. The van der Waals surface area contributed by atoms with Gasteiger partial charge >= 0.3 is 18.0 Å². The molecule has 204 valence electrons. The number of hydrogen-bond acceptors (Lipinski definition) is 11. The Morgan fingerprint density at radius 3 is 2.62 bits per heavy atom. The van der Waals surface area contributed by atoms with Crippen LogP contribution in [0, 0.1) is 11.3 Å². The average Bonchev–Trinajstić information content (AvgIpc) is 2.84. The van der Waals surface area contributed by atoms with Crippen LogP contribution in [-0.4, -0.2) is 88.5 Å². The molecule has 1 heterocycles. The molecule has 0 fully saturated rings. The first-order valence-corrected chi connectivity index (χ1v) is 11.2. The minimum Gasteiger partial charge on any atom is -0.507 e. The number of nitrogens with two attached hydrogens (primary N) is 2. The predicted octanol–water partition coefficient (Wildman–Crippen LogP) is -1.18. The van der Waals surface area contributed by atoms with Crippen molar-refractivity contribution in [3.05, 3.63) is 35.6 Å². The van der Waals surface area contributed by atoms with Crippen LogP contribution in [0.1, 0.15) is 23.7 Å². The quantitative estimate of drug-likeness (QED) is 0.0412. The number of benzene rings is 1. The lowest BCUT2D eigenvalue weighted by Gasteiger charge is -2.39. The van der Waals surface area contributed by atoms with Gasteiger partial charge in [-0.15, -0.1) is 0 Å². The van der Waals surface area contributed by atoms with E-state index in [1.54, 1.807) is 6.92 Å². The third-order valence-electron chi connectivity index (χ3n) is 5.41. The number of aliphatic carboxylic acids is 1. The summed E-state index contributed by atoms with van der Waals surface area (Å²) in [6, 6.07) is 3.12. The smallest absolute Gasteiger partial charge is 0.407 e. The van der Waals surface area contributed by atoms with Gasteiger partial charge in [0.15, 0.2) is 12.1 Å². The highest BCUT2D eigenvalue weighted by Gasteiger charge is 2.43. The van der Waals surface area contributed by atoms with E-state index in [0.29, 0.717) is 0 Å². The van der Waals surface area contributed by atoms with Crippen molar-refractivity contribution < 1.29 is 49.0 Å². The fourth-order valence-corrected chi connectivity index (χ4v) is 3.51. The number of nitrogens with one attached hydrogen (secondary N) is 3. The van der Waals surface area contributed by atoms with E-state index >= 15 is 0 Å². The van der Waals surface area contributed by atoms with E-state index in [1.165, 1.54) is 24.3 Å². The molecule has 1 amide bonds. The van der Waals surface area contributed by atoms with Gasteiger partial charge in [0.2, 0.25) is 5.76 Å². The van der Waals surface area contributed by atoms with Crippen molar-refractivity contribution >= 4 is 29.7 Å². The van der Waals surface area contributed by atoms with Gasteiger partial charge in [0.05, 0.1) is 19.3 Å². The van der Waals surface area contributed by atoms with Crippen LogP contribution < -0.4 is 22.1 Å². The molecule has 37 heavy (non-hydrogen) atoms. The predicted molar refractivity (Wildman–Crippen MR) is 127 cm³/mol. The number of carbonyl (C=O) groups excluding carboxylic acids is 2. The van der Waals surface area contributed by atoms with Gasteiger partial charge in [-0.25, -0.2) is 14.4 Å². The van der Waals surface area contributed by atoms with E-state index in [2.05, 4.69) is 10.6 Å². The topological polar surface area (TPSA) is 260 Å². The lowest BCUT2D eigenvalue weighted by molar-refractivity contribution is -0.147. The van der Waals surface area contributed by atoms with Crippen molar-refractivity contribution in [2.24, 2.45) is 11.7 Å². The fraction of sp³-hybridized carbons (Fsp3) is 0.455. The molecule has 15 heteroatoms. The number of nitrogen functional groups attached to an aromatic ring is 1. The number of ether oxygens (including phenoxy) is 3. The van der Waals surface area contributed by atoms with Crippen LogP contribution in [0.25, 0.3) is 0 Å². The number of aliphatic hydroxyl groups is 2. The molecule has 1 aliphatic rings. The molecule has 1 aliphatic heterocycles. The van der Waals surface area contributed by atoms with Crippen LogP contribution in [0.4, 0.5) is 10.5 Å². The van der Waals surface area contributed by atoms with Gasteiger partial charge in [-0.2, -0.15) is 0 Å². The van der Waals surface area contributed by atoms with Crippen molar-refractivity contribution in [2.75, 3.05) is 25.5 Å². The van der Waals surface area contributed by atoms with Gasteiger partial charge in [0.1, 0.15) is 23.5 Å². The van der Waals surface area contributed by atoms with Crippen LogP contribution in [0.15, 0.2) is 30.0 Å². The number of rotatable bonds is 11. The van der Waals surface area contributed by atoms with Crippen LogP contribution in [0.5, 0.6) is 5.75 Å². The highest BCUT2D eigenvalue weighted by molar-refractivity contribution is 5.93. The number of aromatic hydroxyl groups is 1. The summed E-state index contributed by atoms with van der Waals surface area (Å²) in [7, 11) is 0. The number of amides is 1. The molecule has 2 rings (SSSR count). The maximum absolute atomic E-state index is 12.4. The molecule has 0 aromatic heterocycles. The number of anilines is 1. The van der Waals surface area contributed by atoms with E-state index in [9.17, 15) is 34.8 Å². The molecule has 15 nitrogen and oxygen atoms in total. The number of carbonyl (C=O) groups is 3. The van der Waals surface area contributed by atoms with E-state index in [0.717, 1.165) is 0 Å². The molecule has 0 saturated heterocycles. The number of phenols is 1. The number of hydrogen-bond donors (Lipinski definition) is 9. The first-order chi connectivity index (χ1) is 17.4. The SMILES string of the molecule is C[C@H]1[C@H]([C@H](OC(=O)NCCCOC(=O)c2cc(N)ccc2O)[C@H](O)CO)OC(C(=O)O)=C[C@@H]1NC(=N)N. The third-order valence-corrected chi connectivity index (χ3v) is 5.41. The number of carboxylic acids is 1. The van der Waals surface area contributed by atoms with Crippen molar-refractivity contribution in [1.82, 2.24) is 10.6 Å². The fourth-order valence-electron chi connectivity index (χ4n) is 3.51. The molecular weight excluding hydrogens is 494 g/mol. The number of aliphatic hydroxyl groups excluding tert-OH is 2. The van der Waals surface area contributed by atoms with Crippen LogP contribution in [0.2, 0.25) is 0 Å². The second kappa shape index (κ2) is 13.2. The van der Waals surface area contributed by atoms with Gasteiger partial charge in [-0.05, 0) is 30.7 Å². The second-order valence-electron chi connectivity index (χ2n) is 8.17. The lowest BCUT2D eigenvalue weighted by atomic mass is 9.87. The number of phenolic OH excluding ortho intramolecular Hbond substituents is 1. The summed E-state index contributed by atoms with van der Waals surface area (Å²) in [4.78, 5) is 35.9. The van der Waals surface area contributed by atoms with Crippen LogP contribution in [0.3, 0.4) is 0 Å². The molecule has 11 N–H and O–H groups in total. The van der Waals surface area contributed by atoms with Gasteiger partial charge in [0.25, 0.3) is 0 Å². The van der Waals surface area contributed by atoms with E-state index in [-0.39, 0.29) is 36.6 Å². The number of carboxylic acid groups (broad SMARTS) is 1. The molecule has 0 saturated carbocycles. The Labute approximate surface area is 211 Å². The Kier molecular flexibility index (Phi) is 10.3. The molecule has 0 bridgehead atoms. The molecule has 1 aromatic carbocycles. The number of alkyl carbamates (subject to hydrolysis) is 1. The first-order valence-electron chi connectivity index (χ1n) is 11.2. The number of esters is 1. The standard InChI is InChI=1S/C22H31N5O10/c1-10-13(27-21(24)25)8-16(19(31)32)36-17(10)18(15(30)9-28)37-22(34)26-5-2-6-35-20(33)12-7-11(23)3-4-14(12)29/h3-4,7-8,10,13,15,17-18,28-30H,2,5-6,9,23H2,1H3,(H,26,34)(H,31,32)(H4,24,25,27)/t10-,13+,15-,17-,18-/m1/s1. The zero-order chi connectivity index (χ0) is 27.7. The van der Waals surface area contributed by atoms with Crippen molar-refractivity contribution in [3.8, 4) is 5.75 Å². The van der Waals surface area contributed by atoms with Gasteiger partial charge in [-0.3, -0.25) is 5.41 Å². The summed E-state index contributed by atoms with van der Waals surface area (Å²) >= 11 is 0. The molecule has 1 aromatic rings. The summed E-state index contributed by atoms with van der Waals surface area (Å²) < 4.78 is 15.7. The summed E-state index contributed by atoms with van der Waals surface area (Å²) in [6.45, 7) is 0.621. The monoisotopic (exact) mass is 525 g/mol. The van der Waals surface area contributed by atoms with Crippen LogP contribution >= 0.6 is 0 Å². The molecule has 0 spiro atoms. The van der Waals surface area contributed by atoms with Crippen molar-refractivity contribution in [2.45, 2.75) is 37.7 Å². The van der Waals surface area contributed by atoms with Crippen LogP contribution in [-0.2, 0) is 19.0 Å². The van der Waals surface area contributed by atoms with E-state index in [4.69, 9.17) is 31.1 Å². The largest absolute Gasteiger partial charge is 0.507 e. The maximum atomic E-state index is 12.4. The second-order valence-corrected chi connectivity index (χ2v) is 8.17. The molecule has 0 unspecified atom stereocenters. The number of guanidine groups is 1. The molecular formula is C22H31N5O10. The summed E-state index contributed by atoms with van der Waals surface area (Å²) in [5.74, 6) is -4.16. The molecule has 5 atom stereocenters. The van der Waals surface area contributed by atoms with E-state index in [1.807, 2.05) is 0 Å². The van der Waals surface area contributed by atoms with Crippen molar-refractivity contribution in [1.29, 1.82) is 5.41 Å². The first kappa shape index (κ1) is 29.0. The normalized spacial score (nSPS) is 20.4. The maximum Gasteiger partial charge on any atom is 0.407 e. The van der Waals surface area contributed by atoms with Crippen molar-refractivity contribution in [3.63, 3.8) is 0 Å². The Balaban J connectivity index is 1.95. The highest BCUT2D eigenvalue weighted by Crippen LogP contribution is 2.29. The summed E-state index contributed by atoms with van der Waals surface area (Å²) in [5, 5.41) is 51.2. The van der Waals surface area contributed by atoms with E-state index < -0.39 is 66.6 Å². The Bertz CT molecular complexity index is 1030. The minimum absolute atomic E-state index is 0.0210. The Morgan fingerprint density at radius 1 is 1.30 bits per heavy atom. The summed E-state index contributed by atoms with van der Waals surface area (Å²) in [6.07, 6.45) is -4.02. The lowest BCUT2D eigenvalue weighted by Crippen LogP contribution is -2.56. The van der Waals surface area contributed by atoms with Gasteiger partial charge in [0, 0.05) is 18.2 Å². The van der Waals surface area contributed by atoms with Gasteiger partial charge < -0.3 is 56.7 Å². The van der Waals surface area contributed by atoms with Gasteiger partial charge in [-0.1, -0.05) is 6.92 Å². The molecule has 0 radical (unpaired) electrons. The molecule has 0 aliphatic carbocycles. The highest BCUT2D eigenvalue weighted by atomic mass is 16.6. The Hall–Kier alpha value is -4.24. The zero-order valence-electron chi connectivity index (χ0n) is 19.9.